The summed E-state index contributed by atoms with van der Waals surface area (Å²) in [4.78, 5) is 26.9. The van der Waals surface area contributed by atoms with Gasteiger partial charge in [0.05, 0.1) is 11.3 Å². The summed E-state index contributed by atoms with van der Waals surface area (Å²) in [6.45, 7) is 0. The molecule has 0 bridgehead atoms. The van der Waals surface area contributed by atoms with Gasteiger partial charge in [-0.2, -0.15) is 0 Å². The van der Waals surface area contributed by atoms with Crippen molar-refractivity contribution in [3.63, 3.8) is 0 Å². The zero-order chi connectivity index (χ0) is 17.9. The fourth-order valence-corrected chi connectivity index (χ4v) is 6.03. The molecule has 2 nitrogen and oxygen atoms in total. The van der Waals surface area contributed by atoms with Gasteiger partial charge in [0.2, 0.25) is 0 Å². The van der Waals surface area contributed by atoms with Crippen molar-refractivity contribution in [3.05, 3.63) is 107 Å². The molecule has 26 heavy (non-hydrogen) atoms. The maximum atomic E-state index is 13.5. The van der Waals surface area contributed by atoms with Gasteiger partial charge in [0.1, 0.15) is 4.32 Å². The second kappa shape index (κ2) is 5.24. The molecular weight excluding hydrogens is 388 g/mol. The van der Waals surface area contributed by atoms with Crippen molar-refractivity contribution in [2.24, 2.45) is 5.92 Å². The second-order valence-electron chi connectivity index (χ2n) is 6.92. The van der Waals surface area contributed by atoms with E-state index >= 15 is 0 Å². The minimum absolute atomic E-state index is 0.00888. The third kappa shape index (κ3) is 1.67. The first-order chi connectivity index (χ1) is 12.6. The lowest BCUT2D eigenvalue weighted by molar-refractivity contribution is 0.0893. The lowest BCUT2D eigenvalue weighted by Gasteiger charge is -2.22. The predicted molar refractivity (Wildman–Crippen MR) is 104 cm³/mol. The molecule has 1 saturated carbocycles. The molecule has 126 valence electrons. The summed E-state index contributed by atoms with van der Waals surface area (Å²) in [5, 5.41) is 0. The summed E-state index contributed by atoms with van der Waals surface area (Å²) in [5.41, 5.74) is 2.33. The van der Waals surface area contributed by atoms with Gasteiger partial charge in [-0.05, 0) is 11.1 Å². The molecule has 0 unspecified atom stereocenters. The quantitative estimate of drug-likeness (QED) is 0.576. The smallest absolute Gasteiger partial charge is 0.182 e. The van der Waals surface area contributed by atoms with Crippen LogP contribution in [0.3, 0.4) is 0 Å². The number of hydrogen-bond acceptors (Lipinski definition) is 2. The molecule has 0 radical (unpaired) electrons. The van der Waals surface area contributed by atoms with E-state index in [0.717, 1.165) is 11.1 Å². The average Bonchev–Trinajstić information content (AvgIpc) is 3.30. The van der Waals surface area contributed by atoms with Crippen molar-refractivity contribution >= 4 is 27.5 Å². The average molecular weight is 403 g/mol. The van der Waals surface area contributed by atoms with Gasteiger partial charge in [0.15, 0.2) is 11.6 Å². The first-order valence-electron chi connectivity index (χ1n) is 8.61. The Morgan fingerprint density at radius 1 is 0.654 bits per heavy atom. The SMILES string of the molecule is O=C1c2ccccc2C(=O)[C@@]2(Br)[C@@H]1C2(c1ccccc1)c1ccccc1. The highest BCUT2D eigenvalue weighted by atomic mass is 79.9. The molecule has 1 fully saturated rings. The molecule has 0 spiro atoms. The van der Waals surface area contributed by atoms with Gasteiger partial charge in [0.25, 0.3) is 0 Å². The van der Waals surface area contributed by atoms with Crippen molar-refractivity contribution in [2.75, 3.05) is 0 Å². The number of alkyl halides is 1. The topological polar surface area (TPSA) is 34.1 Å². The summed E-state index contributed by atoms with van der Waals surface area (Å²) >= 11 is 3.77. The number of fused-ring (bicyclic) bond motifs is 2. The molecule has 0 saturated heterocycles. The van der Waals surface area contributed by atoms with Crippen LogP contribution in [0.25, 0.3) is 0 Å². The van der Waals surface area contributed by atoms with Crippen molar-refractivity contribution in [1.29, 1.82) is 0 Å². The Bertz CT molecular complexity index is 1000. The summed E-state index contributed by atoms with van der Waals surface area (Å²) in [5.74, 6) is -0.419. The van der Waals surface area contributed by atoms with E-state index in [1.54, 1.807) is 12.1 Å². The Morgan fingerprint density at radius 2 is 1.12 bits per heavy atom. The highest BCUT2D eigenvalue weighted by molar-refractivity contribution is 9.10. The van der Waals surface area contributed by atoms with Crippen LogP contribution in [-0.4, -0.2) is 15.9 Å². The molecule has 5 rings (SSSR count). The molecule has 2 atom stereocenters. The number of Topliss-reactive ketones (excluding diaryl/α,β-unsaturated/α-hetero) is 2. The zero-order valence-corrected chi connectivity index (χ0v) is 15.4. The van der Waals surface area contributed by atoms with Crippen LogP contribution in [0.4, 0.5) is 0 Å². The summed E-state index contributed by atoms with van der Waals surface area (Å²) in [6, 6.07) is 27.0. The molecule has 2 aliphatic carbocycles. The van der Waals surface area contributed by atoms with Gasteiger partial charge < -0.3 is 0 Å². The summed E-state index contributed by atoms with van der Waals surface area (Å²) in [6.07, 6.45) is 0. The normalized spacial score (nSPS) is 25.3. The zero-order valence-electron chi connectivity index (χ0n) is 13.9. The third-order valence-corrected chi connectivity index (χ3v) is 7.25. The molecule has 0 aromatic heterocycles. The second-order valence-corrected chi connectivity index (χ2v) is 8.17. The monoisotopic (exact) mass is 402 g/mol. The van der Waals surface area contributed by atoms with Gasteiger partial charge in [-0.25, -0.2) is 0 Å². The molecule has 0 heterocycles. The number of carbonyl (C=O) groups is 2. The lowest BCUT2D eigenvalue weighted by atomic mass is 9.83. The van der Waals surface area contributed by atoms with Crippen LogP contribution in [0, 0.1) is 5.92 Å². The maximum absolute atomic E-state index is 13.5. The van der Waals surface area contributed by atoms with Crippen LogP contribution in [0.1, 0.15) is 31.8 Å². The molecule has 0 aliphatic heterocycles. The van der Waals surface area contributed by atoms with E-state index < -0.39 is 15.7 Å². The van der Waals surface area contributed by atoms with Gasteiger partial charge in [0, 0.05) is 11.1 Å². The Hall–Kier alpha value is -2.52. The Balaban J connectivity index is 1.83. The lowest BCUT2D eigenvalue weighted by Crippen LogP contribution is -2.31. The summed E-state index contributed by atoms with van der Waals surface area (Å²) in [7, 11) is 0. The minimum atomic E-state index is -0.936. The summed E-state index contributed by atoms with van der Waals surface area (Å²) < 4.78 is -0.936. The molecular formula is C23H15BrO2. The van der Waals surface area contributed by atoms with Crippen LogP contribution in [0.5, 0.6) is 0 Å². The van der Waals surface area contributed by atoms with Gasteiger partial charge in [-0.1, -0.05) is 101 Å². The molecule has 0 N–H and O–H groups in total. The number of halogens is 1. The number of rotatable bonds is 2. The number of carbonyl (C=O) groups excluding carboxylic acids is 2. The van der Waals surface area contributed by atoms with E-state index in [4.69, 9.17) is 0 Å². The van der Waals surface area contributed by atoms with Crippen molar-refractivity contribution in [1.82, 2.24) is 0 Å². The van der Waals surface area contributed by atoms with E-state index in [-0.39, 0.29) is 11.6 Å². The molecule has 3 aromatic carbocycles. The predicted octanol–water partition coefficient (Wildman–Crippen LogP) is 4.82. The van der Waals surface area contributed by atoms with Crippen LogP contribution < -0.4 is 0 Å². The maximum Gasteiger partial charge on any atom is 0.182 e. The fraction of sp³-hybridized carbons (Fsp3) is 0.130. The van der Waals surface area contributed by atoms with Crippen molar-refractivity contribution in [3.8, 4) is 0 Å². The highest BCUT2D eigenvalue weighted by Gasteiger charge is 2.84. The molecule has 3 heteroatoms. The van der Waals surface area contributed by atoms with E-state index in [1.807, 2.05) is 72.8 Å². The van der Waals surface area contributed by atoms with Crippen molar-refractivity contribution in [2.45, 2.75) is 9.74 Å². The van der Waals surface area contributed by atoms with Gasteiger partial charge in [-0.3, -0.25) is 9.59 Å². The first kappa shape index (κ1) is 15.7. The van der Waals surface area contributed by atoms with E-state index in [0.29, 0.717) is 11.1 Å². The minimum Gasteiger partial charge on any atom is -0.294 e. The van der Waals surface area contributed by atoms with Crippen LogP contribution in [-0.2, 0) is 5.41 Å². The third-order valence-electron chi connectivity index (χ3n) is 5.81. The van der Waals surface area contributed by atoms with Gasteiger partial charge in [-0.15, -0.1) is 0 Å². The fourth-order valence-electron chi connectivity index (χ4n) is 4.70. The number of ketones is 2. The molecule has 3 aromatic rings. The largest absolute Gasteiger partial charge is 0.294 e. The molecule has 2 aliphatic rings. The van der Waals surface area contributed by atoms with E-state index in [1.165, 1.54) is 0 Å². The highest BCUT2D eigenvalue weighted by Crippen LogP contribution is 2.74. The van der Waals surface area contributed by atoms with Crippen molar-refractivity contribution < 1.29 is 9.59 Å². The van der Waals surface area contributed by atoms with Crippen LogP contribution in [0.2, 0.25) is 0 Å². The Morgan fingerprint density at radius 3 is 1.65 bits per heavy atom. The van der Waals surface area contributed by atoms with E-state index in [9.17, 15) is 9.59 Å². The molecule has 0 amide bonds. The van der Waals surface area contributed by atoms with Crippen LogP contribution in [0.15, 0.2) is 84.9 Å². The van der Waals surface area contributed by atoms with E-state index in [2.05, 4.69) is 15.9 Å². The first-order valence-corrected chi connectivity index (χ1v) is 9.40. The number of benzene rings is 3. The number of hydrogen-bond donors (Lipinski definition) is 0. The van der Waals surface area contributed by atoms with Crippen LogP contribution >= 0.6 is 15.9 Å². The standard InChI is InChI=1S/C23H15BrO2/c24-23-20(19(25)17-13-7-8-14-18(17)21(23)26)22(23,15-9-3-1-4-10-15)16-11-5-2-6-12-16/h1-14,20H/t20-,23-/m0/s1. The van der Waals surface area contributed by atoms with Gasteiger partial charge >= 0.3 is 0 Å². The Labute approximate surface area is 160 Å². The Kier molecular flexibility index (Phi) is 3.17.